The van der Waals surface area contributed by atoms with Crippen molar-refractivity contribution in [2.24, 2.45) is 0 Å². The zero-order valence-electron chi connectivity index (χ0n) is 7.33. The minimum absolute atomic E-state index is 0.273. The largest absolute Gasteiger partial charge is 0.468 e. The number of likely N-dealkylation sites (N-methyl/N-ethyl adjacent to an activating group) is 1. The van der Waals surface area contributed by atoms with Crippen LogP contribution in [-0.4, -0.2) is 20.1 Å². The summed E-state index contributed by atoms with van der Waals surface area (Å²) in [5.74, 6) is -0.273. The zero-order valence-corrected chi connectivity index (χ0v) is 9.74. The van der Waals surface area contributed by atoms with Crippen LogP contribution in [-0.2, 0) is 9.53 Å². The van der Waals surface area contributed by atoms with Gasteiger partial charge in [-0.3, -0.25) is 0 Å². The number of ether oxygens (including phenoxy) is 1. The first kappa shape index (κ1) is 10.7. The topological polar surface area (TPSA) is 38.3 Å². The Balaban J connectivity index is 2.90. The molecule has 0 fully saturated rings. The van der Waals surface area contributed by atoms with Gasteiger partial charge in [-0.05, 0) is 34.4 Å². The molecule has 1 N–H and O–H groups in total. The molecule has 3 nitrogen and oxygen atoms in total. The van der Waals surface area contributed by atoms with Crippen LogP contribution in [0.2, 0.25) is 0 Å². The van der Waals surface area contributed by atoms with Crippen molar-refractivity contribution in [1.29, 1.82) is 0 Å². The second-order valence-electron chi connectivity index (χ2n) is 2.38. The summed E-state index contributed by atoms with van der Waals surface area (Å²) in [5, 5.41) is 4.83. The first-order chi connectivity index (χ1) is 6.20. The molecule has 0 aliphatic carbocycles. The minimum atomic E-state index is -0.376. The molecule has 72 valence electrons. The van der Waals surface area contributed by atoms with Gasteiger partial charge in [-0.2, -0.15) is 0 Å². The Labute approximate surface area is 89.2 Å². The Bertz CT molecular complexity index is 300. The van der Waals surface area contributed by atoms with Crippen molar-refractivity contribution < 1.29 is 9.53 Å². The zero-order chi connectivity index (χ0) is 9.84. The lowest BCUT2D eigenvalue weighted by Gasteiger charge is -2.11. The van der Waals surface area contributed by atoms with E-state index in [0.29, 0.717) is 0 Å². The van der Waals surface area contributed by atoms with Gasteiger partial charge in [-0.1, -0.05) is 0 Å². The maximum atomic E-state index is 11.3. The molecule has 0 aliphatic heterocycles. The van der Waals surface area contributed by atoms with Crippen molar-refractivity contribution in [3.63, 3.8) is 0 Å². The summed E-state index contributed by atoms with van der Waals surface area (Å²) in [6, 6.07) is 1.53. The van der Waals surface area contributed by atoms with Crippen molar-refractivity contribution in [2.45, 2.75) is 6.04 Å². The predicted octanol–water partition coefficient (Wildman–Crippen LogP) is 1.94. The SMILES string of the molecule is CNC(C(=O)OC)c1sccc1Br. The van der Waals surface area contributed by atoms with E-state index < -0.39 is 0 Å². The fourth-order valence-electron chi connectivity index (χ4n) is 0.985. The molecule has 0 bridgehead atoms. The molecule has 0 aliphatic rings. The second-order valence-corrected chi connectivity index (χ2v) is 4.18. The molecule has 0 saturated heterocycles. The first-order valence-electron chi connectivity index (χ1n) is 3.68. The van der Waals surface area contributed by atoms with Crippen molar-refractivity contribution >= 4 is 33.2 Å². The smallest absolute Gasteiger partial charge is 0.328 e. The van der Waals surface area contributed by atoms with E-state index in [0.717, 1.165) is 9.35 Å². The van der Waals surface area contributed by atoms with Gasteiger partial charge in [0.05, 0.1) is 7.11 Å². The average Bonchev–Trinajstić information content (AvgIpc) is 2.53. The van der Waals surface area contributed by atoms with Crippen LogP contribution in [0.25, 0.3) is 0 Å². The third-order valence-corrected chi connectivity index (χ3v) is 3.57. The number of methoxy groups -OCH3 is 1. The highest BCUT2D eigenvalue weighted by atomic mass is 79.9. The van der Waals surface area contributed by atoms with Gasteiger partial charge in [0.1, 0.15) is 6.04 Å². The fraction of sp³-hybridized carbons (Fsp3) is 0.375. The molecule has 1 aromatic rings. The van der Waals surface area contributed by atoms with E-state index in [2.05, 4.69) is 26.0 Å². The van der Waals surface area contributed by atoms with E-state index in [9.17, 15) is 4.79 Å². The molecule has 0 saturated carbocycles. The molecular formula is C8H10BrNO2S. The molecule has 0 spiro atoms. The van der Waals surface area contributed by atoms with Crippen LogP contribution in [0.1, 0.15) is 10.9 Å². The van der Waals surface area contributed by atoms with Gasteiger partial charge < -0.3 is 10.1 Å². The number of halogens is 1. The summed E-state index contributed by atoms with van der Waals surface area (Å²) in [4.78, 5) is 12.2. The maximum Gasteiger partial charge on any atom is 0.328 e. The van der Waals surface area contributed by atoms with E-state index in [-0.39, 0.29) is 12.0 Å². The summed E-state index contributed by atoms with van der Waals surface area (Å²) in [6.07, 6.45) is 0. The number of nitrogens with one attached hydrogen (secondary N) is 1. The number of rotatable bonds is 3. The standard InChI is InChI=1S/C8H10BrNO2S/c1-10-6(8(11)12-2)7-5(9)3-4-13-7/h3-4,6,10H,1-2H3. The summed E-state index contributed by atoms with van der Waals surface area (Å²) in [6.45, 7) is 0. The van der Waals surface area contributed by atoms with Gasteiger partial charge in [-0.15, -0.1) is 11.3 Å². The van der Waals surface area contributed by atoms with Gasteiger partial charge in [0.2, 0.25) is 0 Å². The fourth-order valence-corrected chi connectivity index (χ4v) is 2.68. The number of carbonyl (C=O) groups excluding carboxylic acids is 1. The van der Waals surface area contributed by atoms with Crippen LogP contribution in [0.3, 0.4) is 0 Å². The van der Waals surface area contributed by atoms with E-state index in [4.69, 9.17) is 0 Å². The number of esters is 1. The highest BCUT2D eigenvalue weighted by molar-refractivity contribution is 9.10. The molecule has 1 aromatic heterocycles. The van der Waals surface area contributed by atoms with Crippen LogP contribution in [0.4, 0.5) is 0 Å². The molecule has 5 heteroatoms. The Morgan fingerprint density at radius 2 is 2.46 bits per heavy atom. The van der Waals surface area contributed by atoms with Crippen LogP contribution in [0, 0.1) is 0 Å². The molecule has 0 amide bonds. The molecule has 13 heavy (non-hydrogen) atoms. The molecule has 0 radical (unpaired) electrons. The second kappa shape index (κ2) is 4.74. The lowest BCUT2D eigenvalue weighted by atomic mass is 10.2. The van der Waals surface area contributed by atoms with Crippen LogP contribution in [0.5, 0.6) is 0 Å². The Morgan fingerprint density at radius 1 is 1.77 bits per heavy atom. The normalized spacial score (nSPS) is 12.5. The van der Waals surface area contributed by atoms with Gasteiger partial charge >= 0.3 is 5.97 Å². The molecule has 0 aromatic carbocycles. The molecule has 1 heterocycles. The molecule has 1 rings (SSSR count). The van der Waals surface area contributed by atoms with Crippen LogP contribution < -0.4 is 5.32 Å². The predicted molar refractivity (Wildman–Crippen MR) is 55.8 cm³/mol. The number of hydrogen-bond donors (Lipinski definition) is 1. The quantitative estimate of drug-likeness (QED) is 0.848. The molecular weight excluding hydrogens is 254 g/mol. The van der Waals surface area contributed by atoms with Crippen molar-refractivity contribution in [1.82, 2.24) is 5.32 Å². The molecule has 1 unspecified atom stereocenters. The maximum absolute atomic E-state index is 11.3. The Morgan fingerprint density at radius 3 is 2.85 bits per heavy atom. The molecule has 1 atom stereocenters. The summed E-state index contributed by atoms with van der Waals surface area (Å²) in [5.41, 5.74) is 0. The lowest BCUT2D eigenvalue weighted by molar-refractivity contribution is -0.143. The summed E-state index contributed by atoms with van der Waals surface area (Å²) in [7, 11) is 3.11. The number of thiophene rings is 1. The third kappa shape index (κ3) is 2.30. The van der Waals surface area contributed by atoms with Gasteiger partial charge in [0.25, 0.3) is 0 Å². The summed E-state index contributed by atoms with van der Waals surface area (Å²) < 4.78 is 5.60. The van der Waals surface area contributed by atoms with Crippen molar-refractivity contribution in [3.05, 3.63) is 20.8 Å². The highest BCUT2D eigenvalue weighted by Gasteiger charge is 2.22. The van der Waals surface area contributed by atoms with Gasteiger partial charge in [0.15, 0.2) is 0 Å². The Kier molecular flexibility index (Phi) is 3.90. The Hall–Kier alpha value is -0.390. The number of carbonyl (C=O) groups is 1. The summed E-state index contributed by atoms with van der Waals surface area (Å²) >= 11 is 4.88. The third-order valence-electron chi connectivity index (χ3n) is 1.63. The van der Waals surface area contributed by atoms with Gasteiger partial charge in [0, 0.05) is 9.35 Å². The highest BCUT2D eigenvalue weighted by Crippen LogP contribution is 2.29. The van der Waals surface area contributed by atoms with Gasteiger partial charge in [-0.25, -0.2) is 4.79 Å². The van der Waals surface area contributed by atoms with Crippen molar-refractivity contribution in [3.8, 4) is 0 Å². The lowest BCUT2D eigenvalue weighted by Crippen LogP contribution is -2.25. The first-order valence-corrected chi connectivity index (χ1v) is 5.36. The van der Waals surface area contributed by atoms with Crippen LogP contribution in [0.15, 0.2) is 15.9 Å². The average molecular weight is 264 g/mol. The van der Waals surface area contributed by atoms with Crippen molar-refractivity contribution in [2.75, 3.05) is 14.2 Å². The van der Waals surface area contributed by atoms with E-state index in [1.54, 1.807) is 7.05 Å². The monoisotopic (exact) mass is 263 g/mol. The minimum Gasteiger partial charge on any atom is -0.468 e. The van der Waals surface area contributed by atoms with E-state index >= 15 is 0 Å². The van der Waals surface area contributed by atoms with E-state index in [1.165, 1.54) is 18.4 Å². The van der Waals surface area contributed by atoms with Crippen LogP contribution >= 0.6 is 27.3 Å². The van der Waals surface area contributed by atoms with E-state index in [1.807, 2.05) is 11.4 Å². The number of hydrogen-bond acceptors (Lipinski definition) is 4.